The van der Waals surface area contributed by atoms with Crippen molar-refractivity contribution in [3.05, 3.63) is 63.1 Å². The number of benzene rings is 2. The van der Waals surface area contributed by atoms with E-state index in [0.717, 1.165) is 23.5 Å². The fourth-order valence-corrected chi connectivity index (χ4v) is 4.46. The molecule has 0 saturated carbocycles. The monoisotopic (exact) mass is 474 g/mol. The van der Waals surface area contributed by atoms with Crippen LogP contribution in [-0.4, -0.2) is 31.6 Å². The van der Waals surface area contributed by atoms with Crippen molar-refractivity contribution in [3.63, 3.8) is 0 Å². The summed E-state index contributed by atoms with van der Waals surface area (Å²) in [6, 6.07) is 6.82. The lowest BCUT2D eigenvalue weighted by molar-refractivity contribution is 0.102. The minimum Gasteiger partial charge on any atom is -0.495 e. The molecule has 1 heterocycles. The SMILES string of the molecule is COc1ccc(Cl)cc1S(=O)(=O)NCc1nnc(C(=O)Nc2ccc(F)cc2F)s1. The van der Waals surface area contributed by atoms with Crippen LogP contribution in [0.4, 0.5) is 14.5 Å². The van der Waals surface area contributed by atoms with Crippen molar-refractivity contribution < 1.29 is 26.7 Å². The van der Waals surface area contributed by atoms with Gasteiger partial charge < -0.3 is 10.1 Å². The molecular weight excluding hydrogens is 462 g/mol. The molecule has 1 aromatic heterocycles. The summed E-state index contributed by atoms with van der Waals surface area (Å²) in [4.78, 5) is 12.0. The highest BCUT2D eigenvalue weighted by molar-refractivity contribution is 7.89. The van der Waals surface area contributed by atoms with Crippen molar-refractivity contribution in [2.45, 2.75) is 11.4 Å². The second-order valence-electron chi connectivity index (χ2n) is 5.70. The second-order valence-corrected chi connectivity index (χ2v) is 8.93. The molecule has 0 aliphatic carbocycles. The number of rotatable bonds is 7. The molecule has 0 radical (unpaired) electrons. The van der Waals surface area contributed by atoms with Gasteiger partial charge in [-0.15, -0.1) is 10.2 Å². The first-order valence-electron chi connectivity index (χ1n) is 8.11. The summed E-state index contributed by atoms with van der Waals surface area (Å²) in [5.74, 6) is -2.40. The van der Waals surface area contributed by atoms with Gasteiger partial charge in [-0.3, -0.25) is 4.79 Å². The molecule has 0 spiro atoms. The van der Waals surface area contributed by atoms with Gasteiger partial charge in [0.25, 0.3) is 5.91 Å². The molecule has 1 amide bonds. The van der Waals surface area contributed by atoms with Gasteiger partial charge in [-0.25, -0.2) is 21.9 Å². The third kappa shape index (κ3) is 5.08. The normalized spacial score (nSPS) is 11.3. The van der Waals surface area contributed by atoms with E-state index in [0.29, 0.717) is 6.07 Å². The van der Waals surface area contributed by atoms with Crippen LogP contribution in [0.1, 0.15) is 14.8 Å². The lowest BCUT2D eigenvalue weighted by Gasteiger charge is -2.10. The summed E-state index contributed by atoms with van der Waals surface area (Å²) in [7, 11) is -2.68. The molecule has 0 fully saturated rings. The number of carbonyl (C=O) groups excluding carboxylic acids is 1. The minimum atomic E-state index is -4.00. The van der Waals surface area contributed by atoms with E-state index in [-0.39, 0.29) is 37.9 Å². The lowest BCUT2D eigenvalue weighted by atomic mass is 10.3. The van der Waals surface area contributed by atoms with Crippen LogP contribution in [0.25, 0.3) is 0 Å². The number of methoxy groups -OCH3 is 1. The molecule has 8 nitrogen and oxygen atoms in total. The van der Waals surface area contributed by atoms with E-state index >= 15 is 0 Å². The van der Waals surface area contributed by atoms with E-state index in [1.54, 1.807) is 0 Å². The topological polar surface area (TPSA) is 110 Å². The standard InChI is InChI=1S/C17H13ClF2N4O4S2/c1-28-13-5-2-9(18)6-14(13)30(26,27)21-8-15-23-24-17(29-15)16(25)22-12-4-3-10(19)7-11(12)20/h2-7,21H,8H2,1H3,(H,22,25). The van der Waals surface area contributed by atoms with Crippen LogP contribution in [0.5, 0.6) is 5.75 Å². The van der Waals surface area contributed by atoms with E-state index in [4.69, 9.17) is 16.3 Å². The Morgan fingerprint density at radius 1 is 1.20 bits per heavy atom. The Bertz CT molecular complexity index is 1200. The Balaban J connectivity index is 1.69. The number of nitrogens with one attached hydrogen (secondary N) is 2. The Morgan fingerprint density at radius 3 is 2.67 bits per heavy atom. The number of amides is 1. The summed E-state index contributed by atoms with van der Waals surface area (Å²) < 4.78 is 59.0. The number of hydrogen-bond acceptors (Lipinski definition) is 7. The van der Waals surface area contributed by atoms with Gasteiger partial charge in [-0.1, -0.05) is 22.9 Å². The average Bonchev–Trinajstić information content (AvgIpc) is 3.18. The molecule has 158 valence electrons. The molecule has 3 aromatic rings. The molecule has 13 heteroatoms. The minimum absolute atomic E-state index is 0.102. The van der Waals surface area contributed by atoms with Gasteiger partial charge in [0, 0.05) is 11.1 Å². The fraction of sp³-hybridized carbons (Fsp3) is 0.118. The van der Waals surface area contributed by atoms with Crippen LogP contribution in [-0.2, 0) is 16.6 Å². The summed E-state index contributed by atoms with van der Waals surface area (Å²) >= 11 is 6.66. The van der Waals surface area contributed by atoms with Crippen LogP contribution in [0.2, 0.25) is 5.02 Å². The van der Waals surface area contributed by atoms with Crippen molar-refractivity contribution in [1.29, 1.82) is 0 Å². The van der Waals surface area contributed by atoms with Crippen molar-refractivity contribution >= 4 is 44.6 Å². The largest absolute Gasteiger partial charge is 0.495 e. The molecule has 0 saturated heterocycles. The van der Waals surface area contributed by atoms with Gasteiger partial charge in [0.2, 0.25) is 15.0 Å². The number of nitrogens with zero attached hydrogens (tertiary/aromatic N) is 2. The van der Waals surface area contributed by atoms with Crippen LogP contribution in [0.3, 0.4) is 0 Å². The Kier molecular flexibility index (Phi) is 6.61. The molecule has 0 bridgehead atoms. The van der Waals surface area contributed by atoms with Crippen LogP contribution in [0.15, 0.2) is 41.3 Å². The van der Waals surface area contributed by atoms with Crippen molar-refractivity contribution in [1.82, 2.24) is 14.9 Å². The fourth-order valence-electron chi connectivity index (χ4n) is 2.28. The predicted molar refractivity (Wildman–Crippen MR) is 106 cm³/mol. The first-order chi connectivity index (χ1) is 14.2. The van der Waals surface area contributed by atoms with Crippen molar-refractivity contribution in [2.24, 2.45) is 0 Å². The zero-order chi connectivity index (χ0) is 21.9. The van der Waals surface area contributed by atoms with Gasteiger partial charge in [0.05, 0.1) is 19.3 Å². The molecule has 2 N–H and O–H groups in total. The molecule has 0 aliphatic heterocycles. The highest BCUT2D eigenvalue weighted by Crippen LogP contribution is 2.27. The molecular formula is C17H13ClF2N4O4S2. The number of ether oxygens (including phenoxy) is 1. The number of carbonyl (C=O) groups is 1. The zero-order valence-electron chi connectivity index (χ0n) is 15.1. The molecule has 30 heavy (non-hydrogen) atoms. The Morgan fingerprint density at radius 2 is 1.97 bits per heavy atom. The third-order valence-corrected chi connectivity index (χ3v) is 6.25. The Labute approximate surface area is 178 Å². The maximum atomic E-state index is 13.7. The first kappa shape index (κ1) is 22.0. The van der Waals surface area contributed by atoms with Gasteiger partial charge in [0.15, 0.2) is 0 Å². The molecule has 2 aromatic carbocycles. The van der Waals surface area contributed by atoms with Gasteiger partial charge in [-0.05, 0) is 30.3 Å². The van der Waals surface area contributed by atoms with Gasteiger partial charge in [0.1, 0.15) is 27.3 Å². The van der Waals surface area contributed by atoms with Crippen LogP contribution in [0, 0.1) is 11.6 Å². The average molecular weight is 475 g/mol. The summed E-state index contributed by atoms with van der Waals surface area (Å²) in [6.07, 6.45) is 0. The summed E-state index contributed by atoms with van der Waals surface area (Å²) in [6.45, 7) is -0.256. The van der Waals surface area contributed by atoms with E-state index in [1.165, 1.54) is 25.3 Å². The molecule has 3 rings (SSSR count). The van der Waals surface area contributed by atoms with Crippen LogP contribution >= 0.6 is 22.9 Å². The number of sulfonamides is 1. The van der Waals surface area contributed by atoms with E-state index in [2.05, 4.69) is 20.2 Å². The lowest BCUT2D eigenvalue weighted by Crippen LogP contribution is -2.23. The summed E-state index contributed by atoms with van der Waals surface area (Å²) in [5, 5.41) is 9.91. The quantitative estimate of drug-likeness (QED) is 0.544. The highest BCUT2D eigenvalue weighted by Gasteiger charge is 2.21. The van der Waals surface area contributed by atoms with E-state index in [1.807, 2.05) is 0 Å². The van der Waals surface area contributed by atoms with E-state index in [9.17, 15) is 22.0 Å². The van der Waals surface area contributed by atoms with Gasteiger partial charge in [-0.2, -0.15) is 0 Å². The van der Waals surface area contributed by atoms with Crippen molar-refractivity contribution in [2.75, 3.05) is 12.4 Å². The second kappa shape index (κ2) is 9.00. The molecule has 0 atom stereocenters. The zero-order valence-corrected chi connectivity index (χ0v) is 17.5. The maximum absolute atomic E-state index is 13.7. The Hall–Kier alpha value is -2.67. The number of anilines is 1. The maximum Gasteiger partial charge on any atom is 0.286 e. The first-order valence-corrected chi connectivity index (χ1v) is 10.8. The third-order valence-electron chi connectivity index (χ3n) is 3.67. The number of aromatic nitrogens is 2. The smallest absolute Gasteiger partial charge is 0.286 e. The molecule has 0 unspecified atom stereocenters. The summed E-state index contributed by atoms with van der Waals surface area (Å²) in [5.41, 5.74) is -0.230. The van der Waals surface area contributed by atoms with Crippen molar-refractivity contribution in [3.8, 4) is 5.75 Å². The highest BCUT2D eigenvalue weighted by atomic mass is 35.5. The number of halogens is 3. The van der Waals surface area contributed by atoms with Gasteiger partial charge >= 0.3 is 0 Å². The predicted octanol–water partition coefficient (Wildman–Crippen LogP) is 3.21. The van der Waals surface area contributed by atoms with E-state index < -0.39 is 27.6 Å². The van der Waals surface area contributed by atoms with Crippen LogP contribution < -0.4 is 14.8 Å². The number of hydrogen-bond donors (Lipinski definition) is 2. The molecule has 0 aliphatic rings.